The van der Waals surface area contributed by atoms with Crippen LogP contribution in [0.5, 0.6) is 0 Å². The minimum absolute atomic E-state index is 0.413. The zero-order chi connectivity index (χ0) is 21.9. The first-order chi connectivity index (χ1) is 15.7. The van der Waals surface area contributed by atoms with Gasteiger partial charge in [-0.15, -0.1) is 0 Å². The van der Waals surface area contributed by atoms with Crippen molar-refractivity contribution < 1.29 is 4.84 Å². The van der Waals surface area contributed by atoms with Gasteiger partial charge in [0.25, 0.3) is 0 Å². The van der Waals surface area contributed by atoms with Crippen LogP contribution in [0.4, 0.5) is 0 Å². The van der Waals surface area contributed by atoms with E-state index < -0.39 is 0 Å². The SMILES string of the molecule is Clc1ccc(CO/N=C2/CCCc3c2cc(-c2cccc(Cl)c2)n3-c2ccccc2)cc1. The number of nitrogens with zero attached hydrogens (tertiary/aromatic N) is 2. The summed E-state index contributed by atoms with van der Waals surface area (Å²) in [7, 11) is 0. The molecule has 0 unspecified atom stereocenters. The fourth-order valence-electron chi connectivity index (χ4n) is 4.20. The molecule has 0 atom stereocenters. The van der Waals surface area contributed by atoms with Gasteiger partial charge >= 0.3 is 0 Å². The fraction of sp³-hybridized carbons (Fsp3) is 0.148. The smallest absolute Gasteiger partial charge is 0.142 e. The monoisotopic (exact) mass is 460 g/mol. The molecule has 5 rings (SSSR count). The normalized spacial score (nSPS) is 14.4. The summed E-state index contributed by atoms with van der Waals surface area (Å²) in [5, 5.41) is 5.98. The van der Waals surface area contributed by atoms with Crippen LogP contribution in [-0.2, 0) is 17.9 Å². The highest BCUT2D eigenvalue weighted by atomic mass is 35.5. The van der Waals surface area contributed by atoms with Gasteiger partial charge in [0.1, 0.15) is 6.61 Å². The standard InChI is InChI=1S/C27H22Cl2N2O/c28-21-14-12-19(13-15-21)18-32-30-25-10-5-11-26-24(25)17-27(20-6-4-7-22(29)16-20)31(26)23-8-2-1-3-9-23/h1-4,6-9,12-17H,5,10-11,18H2/b30-25-. The zero-order valence-electron chi connectivity index (χ0n) is 17.5. The molecule has 0 saturated carbocycles. The molecule has 1 aliphatic carbocycles. The van der Waals surface area contributed by atoms with Gasteiger partial charge in [0.2, 0.25) is 0 Å². The Hall–Kier alpha value is -3.01. The van der Waals surface area contributed by atoms with Gasteiger partial charge in [-0.25, -0.2) is 0 Å². The molecule has 4 aromatic rings. The van der Waals surface area contributed by atoms with E-state index >= 15 is 0 Å². The predicted molar refractivity (Wildman–Crippen MR) is 132 cm³/mol. The number of fused-ring (bicyclic) bond motifs is 1. The van der Waals surface area contributed by atoms with Crippen molar-refractivity contribution in [2.75, 3.05) is 0 Å². The molecule has 1 aromatic heterocycles. The third-order valence-corrected chi connectivity index (χ3v) is 6.18. The lowest BCUT2D eigenvalue weighted by Crippen LogP contribution is -2.14. The van der Waals surface area contributed by atoms with Crippen LogP contribution in [0, 0.1) is 0 Å². The largest absolute Gasteiger partial charge is 0.391 e. The maximum atomic E-state index is 6.32. The van der Waals surface area contributed by atoms with Crippen LogP contribution in [0.25, 0.3) is 16.9 Å². The Morgan fingerprint density at radius 3 is 2.41 bits per heavy atom. The van der Waals surface area contributed by atoms with Crippen molar-refractivity contribution in [2.24, 2.45) is 5.16 Å². The van der Waals surface area contributed by atoms with E-state index in [-0.39, 0.29) is 0 Å². The average molecular weight is 461 g/mol. The summed E-state index contributed by atoms with van der Waals surface area (Å²) < 4.78 is 2.33. The maximum Gasteiger partial charge on any atom is 0.142 e. The molecule has 32 heavy (non-hydrogen) atoms. The highest BCUT2D eigenvalue weighted by Gasteiger charge is 2.24. The second-order valence-electron chi connectivity index (χ2n) is 7.86. The van der Waals surface area contributed by atoms with Gasteiger partial charge in [0.15, 0.2) is 0 Å². The molecule has 0 spiro atoms. The van der Waals surface area contributed by atoms with E-state index in [9.17, 15) is 0 Å². The van der Waals surface area contributed by atoms with Gasteiger partial charge in [-0.1, -0.05) is 70.8 Å². The van der Waals surface area contributed by atoms with Crippen LogP contribution in [0.1, 0.15) is 29.7 Å². The Balaban J connectivity index is 1.54. The van der Waals surface area contributed by atoms with Gasteiger partial charge in [-0.3, -0.25) is 0 Å². The number of hydrogen-bond donors (Lipinski definition) is 0. The van der Waals surface area contributed by atoms with Gasteiger partial charge in [0.05, 0.1) is 11.4 Å². The lowest BCUT2D eigenvalue weighted by Gasteiger charge is -2.18. The van der Waals surface area contributed by atoms with Crippen LogP contribution in [0.15, 0.2) is 90.1 Å². The number of hydrogen-bond acceptors (Lipinski definition) is 2. The van der Waals surface area contributed by atoms with Crippen molar-refractivity contribution in [2.45, 2.75) is 25.9 Å². The summed E-state index contributed by atoms with van der Waals surface area (Å²) in [5.41, 5.74) is 7.74. The van der Waals surface area contributed by atoms with E-state index in [0.717, 1.165) is 58.1 Å². The van der Waals surface area contributed by atoms with Crippen LogP contribution >= 0.6 is 23.2 Å². The van der Waals surface area contributed by atoms with Gasteiger partial charge in [-0.2, -0.15) is 0 Å². The summed E-state index contributed by atoms with van der Waals surface area (Å²) in [6.45, 7) is 0.413. The first kappa shape index (κ1) is 20.9. The van der Waals surface area contributed by atoms with Crippen molar-refractivity contribution in [3.05, 3.63) is 112 Å². The first-order valence-electron chi connectivity index (χ1n) is 10.7. The van der Waals surface area contributed by atoms with E-state index in [0.29, 0.717) is 11.6 Å². The second-order valence-corrected chi connectivity index (χ2v) is 8.74. The van der Waals surface area contributed by atoms with Gasteiger partial charge in [-0.05, 0) is 72.9 Å². The Labute approximate surface area is 197 Å². The fourth-order valence-corrected chi connectivity index (χ4v) is 4.51. The molecule has 1 heterocycles. The number of benzene rings is 3. The zero-order valence-corrected chi connectivity index (χ0v) is 19.0. The summed E-state index contributed by atoms with van der Waals surface area (Å²) in [4.78, 5) is 5.75. The van der Waals surface area contributed by atoms with Crippen molar-refractivity contribution in [1.29, 1.82) is 0 Å². The topological polar surface area (TPSA) is 26.5 Å². The number of aromatic nitrogens is 1. The molecule has 0 saturated heterocycles. The lowest BCUT2D eigenvalue weighted by atomic mass is 9.95. The molecular weight excluding hydrogens is 439 g/mol. The molecule has 0 N–H and O–H groups in total. The minimum Gasteiger partial charge on any atom is -0.391 e. The molecular formula is C27H22Cl2N2O. The molecule has 1 aliphatic rings. The number of rotatable bonds is 5. The average Bonchev–Trinajstić information content (AvgIpc) is 3.21. The molecule has 0 bridgehead atoms. The molecule has 3 aromatic carbocycles. The molecule has 5 heteroatoms. The third-order valence-electron chi connectivity index (χ3n) is 5.69. The van der Waals surface area contributed by atoms with Crippen molar-refractivity contribution in [1.82, 2.24) is 4.57 Å². The van der Waals surface area contributed by atoms with E-state index in [1.54, 1.807) is 0 Å². The van der Waals surface area contributed by atoms with Crippen molar-refractivity contribution >= 4 is 28.9 Å². The third kappa shape index (κ3) is 4.32. The van der Waals surface area contributed by atoms with E-state index in [2.05, 4.69) is 46.1 Å². The Bertz CT molecular complexity index is 1260. The lowest BCUT2D eigenvalue weighted by molar-refractivity contribution is 0.130. The molecule has 160 valence electrons. The van der Waals surface area contributed by atoms with E-state index in [4.69, 9.17) is 28.0 Å². The van der Waals surface area contributed by atoms with Crippen LogP contribution in [0.2, 0.25) is 10.0 Å². The Kier molecular flexibility index (Phi) is 6.02. The minimum atomic E-state index is 0.413. The Morgan fingerprint density at radius 1 is 0.812 bits per heavy atom. The first-order valence-corrected chi connectivity index (χ1v) is 11.4. The quantitative estimate of drug-likeness (QED) is 0.280. The summed E-state index contributed by atoms with van der Waals surface area (Å²) in [5.74, 6) is 0. The summed E-state index contributed by atoms with van der Waals surface area (Å²) in [6.07, 6.45) is 2.91. The highest BCUT2D eigenvalue weighted by molar-refractivity contribution is 6.31. The molecule has 0 amide bonds. The maximum absolute atomic E-state index is 6.32. The molecule has 0 fully saturated rings. The number of halogens is 2. The second kappa shape index (κ2) is 9.23. The van der Waals surface area contributed by atoms with Crippen molar-refractivity contribution in [3.63, 3.8) is 0 Å². The molecule has 0 aliphatic heterocycles. The van der Waals surface area contributed by atoms with E-state index in [1.165, 1.54) is 5.69 Å². The summed E-state index contributed by atoms with van der Waals surface area (Å²) >= 11 is 12.3. The molecule has 3 nitrogen and oxygen atoms in total. The van der Waals surface area contributed by atoms with Gasteiger partial charge in [0, 0.05) is 27.0 Å². The van der Waals surface area contributed by atoms with Crippen molar-refractivity contribution in [3.8, 4) is 16.9 Å². The molecule has 0 radical (unpaired) electrons. The Morgan fingerprint density at radius 2 is 1.62 bits per heavy atom. The van der Waals surface area contributed by atoms with Crippen LogP contribution in [0.3, 0.4) is 0 Å². The van der Waals surface area contributed by atoms with Crippen LogP contribution in [-0.4, -0.2) is 10.3 Å². The number of oxime groups is 1. The van der Waals surface area contributed by atoms with Crippen LogP contribution < -0.4 is 0 Å². The van der Waals surface area contributed by atoms with E-state index in [1.807, 2.05) is 48.5 Å². The summed E-state index contributed by atoms with van der Waals surface area (Å²) in [6, 6.07) is 28.3. The predicted octanol–water partition coefficient (Wildman–Crippen LogP) is 7.71. The number of para-hydroxylation sites is 1. The van der Waals surface area contributed by atoms with Gasteiger partial charge < -0.3 is 9.40 Å². The highest BCUT2D eigenvalue weighted by Crippen LogP contribution is 2.35.